The first-order valence-electron chi connectivity index (χ1n) is 5.88. The Kier molecular flexibility index (Phi) is 4.09. The summed E-state index contributed by atoms with van der Waals surface area (Å²) in [5.74, 6) is -0.165. The highest BCUT2D eigenvalue weighted by Crippen LogP contribution is 2.37. The molecule has 0 amide bonds. The Morgan fingerprint density at radius 1 is 1.45 bits per heavy atom. The van der Waals surface area contributed by atoms with E-state index in [-0.39, 0.29) is 11.5 Å². The van der Waals surface area contributed by atoms with Gasteiger partial charge in [-0.2, -0.15) is 0 Å². The lowest BCUT2D eigenvalue weighted by atomic mass is 10.2. The zero-order chi connectivity index (χ0) is 14.7. The molecule has 0 bridgehead atoms. The van der Waals surface area contributed by atoms with Crippen molar-refractivity contribution < 1.29 is 9.72 Å². The lowest BCUT2D eigenvalue weighted by Crippen LogP contribution is -2.16. The van der Waals surface area contributed by atoms with Crippen molar-refractivity contribution in [1.29, 1.82) is 0 Å². The van der Waals surface area contributed by atoms with Crippen molar-refractivity contribution in [3.8, 4) is 0 Å². The third-order valence-electron chi connectivity index (χ3n) is 2.75. The number of pyridine rings is 1. The highest BCUT2D eigenvalue weighted by atomic mass is 32.1. The fourth-order valence-corrected chi connectivity index (χ4v) is 2.76. The Labute approximate surface area is 119 Å². The lowest BCUT2D eigenvalue weighted by Gasteiger charge is -2.16. The molecule has 2 rings (SSSR count). The third-order valence-corrected chi connectivity index (χ3v) is 4.09. The van der Waals surface area contributed by atoms with Crippen molar-refractivity contribution in [2.24, 2.45) is 0 Å². The van der Waals surface area contributed by atoms with Crippen LogP contribution in [-0.4, -0.2) is 22.7 Å². The van der Waals surface area contributed by atoms with E-state index in [2.05, 4.69) is 4.98 Å². The summed E-state index contributed by atoms with van der Waals surface area (Å²) in [4.78, 5) is 28.1. The van der Waals surface area contributed by atoms with Gasteiger partial charge in [-0.25, -0.2) is 0 Å². The first-order chi connectivity index (χ1) is 9.49. The maximum absolute atomic E-state index is 11.4. The van der Waals surface area contributed by atoms with Crippen molar-refractivity contribution in [3.63, 3.8) is 0 Å². The summed E-state index contributed by atoms with van der Waals surface area (Å²) in [6.45, 7) is 1.92. The zero-order valence-corrected chi connectivity index (χ0v) is 11.9. The fraction of sp³-hybridized carbons (Fsp3) is 0.231. The minimum Gasteiger partial charge on any atom is -0.357 e. The summed E-state index contributed by atoms with van der Waals surface area (Å²) in [6.07, 6.45) is 3.35. The number of aromatic nitrogens is 1. The highest BCUT2D eigenvalue weighted by Gasteiger charge is 2.23. The van der Waals surface area contributed by atoms with E-state index in [9.17, 15) is 14.9 Å². The number of hydrogen-bond acceptors (Lipinski definition) is 6. The second-order valence-corrected chi connectivity index (χ2v) is 5.36. The Morgan fingerprint density at radius 3 is 2.65 bits per heavy atom. The number of nitrogens with zero attached hydrogens (tertiary/aromatic N) is 3. The molecule has 0 radical (unpaired) electrons. The maximum atomic E-state index is 11.4. The topological polar surface area (TPSA) is 76.3 Å². The molecular weight excluding hydrogens is 278 g/mol. The van der Waals surface area contributed by atoms with Crippen LogP contribution in [0.5, 0.6) is 0 Å². The van der Waals surface area contributed by atoms with E-state index < -0.39 is 4.92 Å². The van der Waals surface area contributed by atoms with Gasteiger partial charge in [0, 0.05) is 32.1 Å². The Morgan fingerprint density at radius 2 is 2.10 bits per heavy atom. The molecule has 0 saturated heterocycles. The number of carbonyl (C=O) groups excluding carboxylic acids is 1. The van der Waals surface area contributed by atoms with Gasteiger partial charge in [0.1, 0.15) is 0 Å². The van der Waals surface area contributed by atoms with Crippen LogP contribution in [0.1, 0.15) is 22.2 Å². The first kappa shape index (κ1) is 14.1. The quantitative estimate of drug-likeness (QED) is 0.481. The molecule has 104 valence electrons. The summed E-state index contributed by atoms with van der Waals surface area (Å²) in [5.41, 5.74) is 0.964. The molecule has 0 unspecified atom stereocenters. The molecule has 0 saturated carbocycles. The minimum absolute atomic E-state index is 0.0308. The van der Waals surface area contributed by atoms with E-state index in [0.29, 0.717) is 16.4 Å². The second kappa shape index (κ2) is 5.79. The van der Waals surface area contributed by atoms with Gasteiger partial charge in [-0.3, -0.25) is 19.9 Å². The number of rotatable bonds is 5. The SMILES string of the molecule is CC(=O)c1cc([N+](=O)[O-])c(N(C)Cc2ccncc2)s1. The van der Waals surface area contributed by atoms with Gasteiger partial charge < -0.3 is 4.90 Å². The largest absolute Gasteiger partial charge is 0.357 e. The van der Waals surface area contributed by atoms with E-state index >= 15 is 0 Å². The molecule has 0 N–H and O–H groups in total. The normalized spacial score (nSPS) is 10.3. The van der Waals surface area contributed by atoms with E-state index in [1.165, 1.54) is 13.0 Å². The zero-order valence-electron chi connectivity index (χ0n) is 11.1. The Bertz CT molecular complexity index is 640. The maximum Gasteiger partial charge on any atom is 0.304 e. The van der Waals surface area contributed by atoms with Crippen molar-refractivity contribution in [3.05, 3.63) is 51.1 Å². The van der Waals surface area contributed by atoms with Crippen molar-refractivity contribution in [1.82, 2.24) is 4.98 Å². The molecule has 0 aliphatic carbocycles. The molecule has 2 heterocycles. The number of ketones is 1. The Balaban J connectivity index is 2.31. The number of anilines is 1. The van der Waals surface area contributed by atoms with Gasteiger partial charge in [0.2, 0.25) is 0 Å². The molecule has 6 nitrogen and oxygen atoms in total. The predicted octanol–water partition coefficient (Wildman–Crippen LogP) is 2.89. The summed E-state index contributed by atoms with van der Waals surface area (Å²) in [5, 5.41) is 11.6. The number of thiophene rings is 1. The van der Waals surface area contributed by atoms with Gasteiger partial charge in [-0.15, -0.1) is 11.3 Å². The van der Waals surface area contributed by atoms with Crippen LogP contribution in [0, 0.1) is 10.1 Å². The van der Waals surface area contributed by atoms with Crippen LogP contribution < -0.4 is 4.90 Å². The second-order valence-electron chi connectivity index (χ2n) is 4.33. The average Bonchev–Trinajstić information content (AvgIpc) is 2.85. The smallest absolute Gasteiger partial charge is 0.304 e. The van der Waals surface area contributed by atoms with Crippen LogP contribution in [0.2, 0.25) is 0 Å². The predicted molar refractivity (Wildman–Crippen MR) is 77.3 cm³/mol. The van der Waals surface area contributed by atoms with Gasteiger partial charge >= 0.3 is 5.69 Å². The summed E-state index contributed by atoms with van der Waals surface area (Å²) in [7, 11) is 1.77. The van der Waals surface area contributed by atoms with Crippen LogP contribution in [0.15, 0.2) is 30.6 Å². The monoisotopic (exact) mass is 291 g/mol. The number of carbonyl (C=O) groups is 1. The average molecular weight is 291 g/mol. The molecular formula is C13H13N3O3S. The minimum atomic E-state index is -0.457. The summed E-state index contributed by atoms with van der Waals surface area (Å²) >= 11 is 1.14. The standard InChI is InChI=1S/C13H13N3O3S/c1-9(17)12-7-11(16(18)19)13(20-12)15(2)8-10-3-5-14-6-4-10/h3-7H,8H2,1-2H3. The van der Waals surface area contributed by atoms with Crippen molar-refractivity contribution in [2.75, 3.05) is 11.9 Å². The van der Waals surface area contributed by atoms with E-state index in [4.69, 9.17) is 0 Å². The molecule has 0 fully saturated rings. The molecule has 0 aliphatic heterocycles. The highest BCUT2D eigenvalue weighted by molar-refractivity contribution is 7.18. The molecule has 2 aromatic heterocycles. The van der Waals surface area contributed by atoms with Crippen LogP contribution in [0.4, 0.5) is 10.7 Å². The lowest BCUT2D eigenvalue weighted by molar-refractivity contribution is -0.383. The fourth-order valence-electron chi connectivity index (χ4n) is 1.78. The molecule has 7 heteroatoms. The van der Waals surface area contributed by atoms with Gasteiger partial charge in [-0.1, -0.05) is 0 Å². The first-order valence-corrected chi connectivity index (χ1v) is 6.70. The summed E-state index contributed by atoms with van der Waals surface area (Å²) < 4.78 is 0. The number of hydrogen-bond donors (Lipinski definition) is 0. The van der Waals surface area contributed by atoms with Crippen LogP contribution in [0.3, 0.4) is 0 Å². The number of nitro groups is 1. The van der Waals surface area contributed by atoms with Crippen molar-refractivity contribution >= 4 is 27.8 Å². The van der Waals surface area contributed by atoms with E-state index in [0.717, 1.165) is 16.9 Å². The third kappa shape index (κ3) is 3.00. The molecule has 0 aromatic carbocycles. The van der Waals surface area contributed by atoms with E-state index in [1.807, 2.05) is 12.1 Å². The van der Waals surface area contributed by atoms with E-state index in [1.54, 1.807) is 24.3 Å². The molecule has 2 aromatic rings. The molecule has 0 atom stereocenters. The molecule has 0 spiro atoms. The molecule has 0 aliphatic rings. The van der Waals surface area contributed by atoms with Gasteiger partial charge in [-0.05, 0) is 24.6 Å². The van der Waals surface area contributed by atoms with Gasteiger partial charge in [0.15, 0.2) is 10.8 Å². The Hall–Kier alpha value is -2.28. The van der Waals surface area contributed by atoms with Gasteiger partial charge in [0.25, 0.3) is 0 Å². The van der Waals surface area contributed by atoms with Crippen LogP contribution in [-0.2, 0) is 6.54 Å². The number of Topliss-reactive ketones (excluding diaryl/α,β-unsaturated/α-hetero) is 1. The van der Waals surface area contributed by atoms with Crippen molar-refractivity contribution in [2.45, 2.75) is 13.5 Å². The molecule has 20 heavy (non-hydrogen) atoms. The van der Waals surface area contributed by atoms with Gasteiger partial charge in [0.05, 0.1) is 9.80 Å². The van der Waals surface area contributed by atoms with Crippen LogP contribution in [0.25, 0.3) is 0 Å². The van der Waals surface area contributed by atoms with Crippen LogP contribution >= 0.6 is 11.3 Å². The summed E-state index contributed by atoms with van der Waals surface area (Å²) in [6, 6.07) is 5.04.